The molecule has 2 aromatic carbocycles. The van der Waals surface area contributed by atoms with Crippen LogP contribution >= 0.6 is 0 Å². The first-order valence-corrected chi connectivity index (χ1v) is 8.49. The fraction of sp³-hybridized carbons (Fsp3) is 0.316. The Balaban J connectivity index is 1.54. The van der Waals surface area contributed by atoms with Crippen molar-refractivity contribution in [1.82, 2.24) is 0 Å². The van der Waals surface area contributed by atoms with Crippen LogP contribution in [0.5, 0.6) is 5.75 Å². The molecule has 1 fully saturated rings. The van der Waals surface area contributed by atoms with Gasteiger partial charge in [0, 0.05) is 12.8 Å². The number of ether oxygens (including phenoxy) is 3. The van der Waals surface area contributed by atoms with Crippen LogP contribution in [-0.2, 0) is 16.1 Å². The SMILES string of the molecule is N#Cc1ccc(OC2CCOC(OCc3ccccc3B(O)O)C2)cc1. The van der Waals surface area contributed by atoms with Crippen molar-refractivity contribution in [1.29, 1.82) is 5.26 Å². The monoisotopic (exact) mass is 353 g/mol. The summed E-state index contributed by atoms with van der Waals surface area (Å²) in [4.78, 5) is 0. The predicted molar refractivity (Wildman–Crippen MR) is 95.6 cm³/mol. The molecular formula is C19H20BNO5. The molecule has 1 aliphatic rings. The third-order valence-corrected chi connectivity index (χ3v) is 4.24. The minimum Gasteiger partial charge on any atom is -0.490 e. The standard InChI is InChI=1S/C19H20BNO5/c21-12-14-5-7-16(8-6-14)26-17-9-10-24-19(11-17)25-13-15-3-1-2-4-18(15)20(22)23/h1-8,17,19,22-23H,9-11,13H2. The van der Waals surface area contributed by atoms with E-state index in [-0.39, 0.29) is 12.7 Å². The van der Waals surface area contributed by atoms with Crippen molar-refractivity contribution in [2.45, 2.75) is 31.8 Å². The van der Waals surface area contributed by atoms with E-state index in [1.807, 2.05) is 6.07 Å². The lowest BCUT2D eigenvalue weighted by atomic mass is 9.77. The molecule has 6 nitrogen and oxygen atoms in total. The first kappa shape index (κ1) is 18.4. The maximum atomic E-state index is 9.41. The quantitative estimate of drug-likeness (QED) is 0.762. The van der Waals surface area contributed by atoms with Crippen LogP contribution in [0.2, 0.25) is 0 Å². The van der Waals surface area contributed by atoms with E-state index >= 15 is 0 Å². The second-order valence-corrected chi connectivity index (χ2v) is 6.08. The van der Waals surface area contributed by atoms with E-state index < -0.39 is 13.4 Å². The first-order valence-electron chi connectivity index (χ1n) is 8.49. The van der Waals surface area contributed by atoms with E-state index in [0.29, 0.717) is 35.4 Å². The van der Waals surface area contributed by atoms with E-state index in [0.717, 1.165) is 6.42 Å². The van der Waals surface area contributed by atoms with E-state index in [1.165, 1.54) is 0 Å². The van der Waals surface area contributed by atoms with Gasteiger partial charge in [-0.05, 0) is 35.3 Å². The molecule has 0 spiro atoms. The van der Waals surface area contributed by atoms with Gasteiger partial charge < -0.3 is 24.3 Å². The molecule has 26 heavy (non-hydrogen) atoms. The highest BCUT2D eigenvalue weighted by Gasteiger charge is 2.25. The largest absolute Gasteiger partial charge is 0.490 e. The van der Waals surface area contributed by atoms with Crippen LogP contribution in [0.15, 0.2) is 48.5 Å². The van der Waals surface area contributed by atoms with Gasteiger partial charge in [0.15, 0.2) is 6.29 Å². The number of benzene rings is 2. The van der Waals surface area contributed by atoms with Crippen LogP contribution < -0.4 is 10.2 Å². The van der Waals surface area contributed by atoms with Gasteiger partial charge >= 0.3 is 7.12 Å². The van der Waals surface area contributed by atoms with Gasteiger partial charge in [0.25, 0.3) is 0 Å². The molecule has 2 unspecified atom stereocenters. The molecule has 134 valence electrons. The molecule has 0 radical (unpaired) electrons. The second-order valence-electron chi connectivity index (χ2n) is 6.08. The summed E-state index contributed by atoms with van der Waals surface area (Å²) in [6.45, 7) is 0.748. The summed E-state index contributed by atoms with van der Waals surface area (Å²) in [5.74, 6) is 0.711. The topological polar surface area (TPSA) is 91.9 Å². The van der Waals surface area contributed by atoms with E-state index in [2.05, 4.69) is 6.07 Å². The smallest absolute Gasteiger partial charge is 0.488 e. The second kappa shape index (κ2) is 8.83. The van der Waals surface area contributed by atoms with Gasteiger partial charge in [-0.1, -0.05) is 24.3 Å². The molecule has 0 bridgehead atoms. The number of hydrogen-bond acceptors (Lipinski definition) is 6. The van der Waals surface area contributed by atoms with Gasteiger partial charge in [0.1, 0.15) is 11.9 Å². The number of hydrogen-bond donors (Lipinski definition) is 2. The Hall–Kier alpha value is -2.37. The molecule has 0 aromatic heterocycles. The summed E-state index contributed by atoms with van der Waals surface area (Å²) >= 11 is 0. The van der Waals surface area contributed by atoms with Gasteiger partial charge in [-0.25, -0.2) is 0 Å². The molecule has 1 saturated heterocycles. The molecule has 2 N–H and O–H groups in total. The summed E-state index contributed by atoms with van der Waals surface area (Å²) in [5.41, 5.74) is 1.73. The summed E-state index contributed by atoms with van der Waals surface area (Å²) in [6.07, 6.45) is 0.867. The Morgan fingerprint density at radius 3 is 2.65 bits per heavy atom. The fourth-order valence-corrected chi connectivity index (χ4v) is 2.86. The summed E-state index contributed by atoms with van der Waals surface area (Å²) in [6, 6.07) is 16.1. The maximum Gasteiger partial charge on any atom is 0.488 e. The first-order chi connectivity index (χ1) is 12.7. The van der Waals surface area contributed by atoms with Crippen LogP contribution in [-0.4, -0.2) is 36.2 Å². The molecule has 0 saturated carbocycles. The molecule has 1 aliphatic heterocycles. The van der Waals surface area contributed by atoms with Crippen LogP contribution in [0.4, 0.5) is 0 Å². The zero-order valence-corrected chi connectivity index (χ0v) is 14.2. The van der Waals surface area contributed by atoms with Crippen molar-refractivity contribution in [3.05, 3.63) is 59.7 Å². The Labute approximate surface area is 152 Å². The van der Waals surface area contributed by atoms with Crippen molar-refractivity contribution in [2.24, 2.45) is 0 Å². The van der Waals surface area contributed by atoms with Crippen molar-refractivity contribution in [3.8, 4) is 11.8 Å². The summed E-state index contributed by atoms with van der Waals surface area (Å²) in [7, 11) is -1.53. The molecule has 0 amide bonds. The molecular weight excluding hydrogens is 333 g/mol. The molecule has 0 aliphatic carbocycles. The molecule has 7 heteroatoms. The molecule has 3 rings (SSSR count). The average Bonchev–Trinajstić information content (AvgIpc) is 2.67. The fourth-order valence-electron chi connectivity index (χ4n) is 2.86. The van der Waals surface area contributed by atoms with Gasteiger partial charge in [-0.15, -0.1) is 0 Å². The number of rotatable bonds is 6. The van der Waals surface area contributed by atoms with Gasteiger partial charge in [-0.2, -0.15) is 5.26 Å². The highest BCUT2D eigenvalue weighted by atomic mass is 16.7. The van der Waals surface area contributed by atoms with Crippen molar-refractivity contribution >= 4 is 12.6 Å². The third-order valence-electron chi connectivity index (χ3n) is 4.24. The predicted octanol–water partition coefficient (Wildman–Crippen LogP) is 1.34. The lowest BCUT2D eigenvalue weighted by Crippen LogP contribution is -2.36. The highest BCUT2D eigenvalue weighted by Crippen LogP contribution is 2.22. The van der Waals surface area contributed by atoms with Crippen LogP contribution in [0.3, 0.4) is 0 Å². The molecule has 2 atom stereocenters. The molecule has 2 aromatic rings. The van der Waals surface area contributed by atoms with Crippen molar-refractivity contribution < 1.29 is 24.3 Å². The van der Waals surface area contributed by atoms with Crippen LogP contribution in [0.25, 0.3) is 0 Å². The zero-order chi connectivity index (χ0) is 18.4. The third kappa shape index (κ3) is 4.84. The lowest BCUT2D eigenvalue weighted by Gasteiger charge is -2.30. The summed E-state index contributed by atoms with van der Waals surface area (Å²) < 4.78 is 17.4. The van der Waals surface area contributed by atoms with Gasteiger partial charge in [-0.3, -0.25) is 0 Å². The molecule has 1 heterocycles. The zero-order valence-electron chi connectivity index (χ0n) is 14.2. The Morgan fingerprint density at radius 1 is 1.15 bits per heavy atom. The van der Waals surface area contributed by atoms with Crippen molar-refractivity contribution in [3.63, 3.8) is 0 Å². The van der Waals surface area contributed by atoms with E-state index in [9.17, 15) is 10.0 Å². The van der Waals surface area contributed by atoms with Crippen molar-refractivity contribution in [2.75, 3.05) is 6.61 Å². The minimum atomic E-state index is -1.53. The summed E-state index contributed by atoms with van der Waals surface area (Å²) in [5, 5.41) is 27.7. The maximum absolute atomic E-state index is 9.41. The Bertz CT molecular complexity index is 759. The lowest BCUT2D eigenvalue weighted by molar-refractivity contribution is -0.187. The normalized spacial score (nSPS) is 19.6. The van der Waals surface area contributed by atoms with Crippen LogP contribution in [0.1, 0.15) is 24.0 Å². The highest BCUT2D eigenvalue weighted by molar-refractivity contribution is 6.59. The van der Waals surface area contributed by atoms with Crippen LogP contribution in [0, 0.1) is 11.3 Å². The Morgan fingerprint density at radius 2 is 1.92 bits per heavy atom. The minimum absolute atomic E-state index is 0.0413. The van der Waals surface area contributed by atoms with E-state index in [1.54, 1.807) is 42.5 Å². The van der Waals surface area contributed by atoms with Gasteiger partial charge in [0.2, 0.25) is 0 Å². The Kier molecular flexibility index (Phi) is 6.26. The van der Waals surface area contributed by atoms with Gasteiger partial charge in [0.05, 0.1) is 24.8 Å². The number of nitriles is 1. The van der Waals surface area contributed by atoms with E-state index in [4.69, 9.17) is 19.5 Å². The average molecular weight is 353 g/mol. The number of nitrogens with zero attached hydrogens (tertiary/aromatic N) is 1.